The number of amides is 3. The lowest BCUT2D eigenvalue weighted by Gasteiger charge is -2.09. The zero-order valence-corrected chi connectivity index (χ0v) is 9.12. The van der Waals surface area contributed by atoms with Crippen LogP contribution < -0.4 is 0 Å². The van der Waals surface area contributed by atoms with Gasteiger partial charge in [-0.05, 0) is 24.3 Å². The molecular formula is C13H7NO4. The predicted molar refractivity (Wildman–Crippen MR) is 60.0 cm³/mol. The summed E-state index contributed by atoms with van der Waals surface area (Å²) in [6.07, 6.45) is 1.31. The van der Waals surface area contributed by atoms with E-state index in [-0.39, 0.29) is 16.9 Å². The van der Waals surface area contributed by atoms with Crippen molar-refractivity contribution in [2.45, 2.75) is 0 Å². The molecule has 3 amide bonds. The second-order valence-electron chi connectivity index (χ2n) is 3.77. The molecule has 1 aliphatic heterocycles. The second kappa shape index (κ2) is 3.66. The Balaban J connectivity index is 2.05. The van der Waals surface area contributed by atoms with E-state index in [2.05, 4.69) is 0 Å². The highest BCUT2D eigenvalue weighted by molar-refractivity contribution is 6.30. The molecule has 18 heavy (non-hydrogen) atoms. The summed E-state index contributed by atoms with van der Waals surface area (Å²) in [4.78, 5) is 36.6. The Labute approximate surface area is 102 Å². The fraction of sp³-hybridized carbons (Fsp3) is 0. The number of benzene rings is 1. The topological polar surface area (TPSA) is 67.6 Å². The summed E-state index contributed by atoms with van der Waals surface area (Å²) in [6.45, 7) is 0. The van der Waals surface area contributed by atoms with E-state index in [1.807, 2.05) is 0 Å². The minimum Gasteiger partial charge on any atom is -0.459 e. The number of rotatable bonds is 1. The van der Waals surface area contributed by atoms with Crippen molar-refractivity contribution in [2.75, 3.05) is 0 Å². The van der Waals surface area contributed by atoms with Crippen LogP contribution in [0.5, 0.6) is 0 Å². The van der Waals surface area contributed by atoms with Gasteiger partial charge in [-0.1, -0.05) is 12.1 Å². The van der Waals surface area contributed by atoms with Gasteiger partial charge in [0.15, 0.2) is 5.76 Å². The number of furan rings is 1. The quantitative estimate of drug-likeness (QED) is 0.713. The van der Waals surface area contributed by atoms with E-state index < -0.39 is 17.7 Å². The average Bonchev–Trinajstić information content (AvgIpc) is 2.99. The van der Waals surface area contributed by atoms with Crippen LogP contribution in [0, 0.1) is 0 Å². The number of fused-ring (bicyclic) bond motifs is 1. The Morgan fingerprint density at radius 1 is 0.944 bits per heavy atom. The molecule has 88 valence electrons. The molecule has 1 aromatic carbocycles. The molecule has 0 spiro atoms. The minimum atomic E-state index is -0.744. The van der Waals surface area contributed by atoms with Crippen molar-refractivity contribution in [3.05, 3.63) is 59.5 Å². The van der Waals surface area contributed by atoms with Crippen LogP contribution in [0.25, 0.3) is 0 Å². The van der Waals surface area contributed by atoms with Crippen LogP contribution in [0.15, 0.2) is 47.1 Å². The third-order valence-electron chi connectivity index (χ3n) is 2.73. The summed E-state index contributed by atoms with van der Waals surface area (Å²) >= 11 is 0. The second-order valence-corrected chi connectivity index (χ2v) is 3.77. The largest absolute Gasteiger partial charge is 0.459 e. The maximum absolute atomic E-state index is 12.0. The molecule has 0 saturated carbocycles. The number of carbonyl (C=O) groups is 3. The van der Waals surface area contributed by atoms with Gasteiger partial charge in [-0.2, -0.15) is 0 Å². The summed E-state index contributed by atoms with van der Waals surface area (Å²) in [7, 11) is 0. The van der Waals surface area contributed by atoms with Gasteiger partial charge < -0.3 is 4.42 Å². The first-order chi connectivity index (χ1) is 8.70. The van der Waals surface area contributed by atoms with Crippen LogP contribution in [0.1, 0.15) is 31.3 Å². The summed E-state index contributed by atoms with van der Waals surface area (Å²) in [5.74, 6) is -2.01. The van der Waals surface area contributed by atoms with Crippen LogP contribution in [0.3, 0.4) is 0 Å². The van der Waals surface area contributed by atoms with E-state index in [0.717, 1.165) is 0 Å². The molecule has 0 N–H and O–H groups in total. The normalized spacial score (nSPS) is 13.9. The van der Waals surface area contributed by atoms with Gasteiger partial charge in [0.05, 0.1) is 17.4 Å². The minimum absolute atomic E-state index is 0.0375. The maximum atomic E-state index is 12.0. The molecule has 0 bridgehead atoms. The smallest absolute Gasteiger partial charge is 0.303 e. The van der Waals surface area contributed by atoms with Crippen molar-refractivity contribution < 1.29 is 18.8 Å². The maximum Gasteiger partial charge on any atom is 0.303 e. The molecule has 5 heteroatoms. The van der Waals surface area contributed by atoms with E-state index in [1.54, 1.807) is 12.1 Å². The average molecular weight is 241 g/mol. The Kier molecular flexibility index (Phi) is 2.13. The number of imide groups is 3. The van der Waals surface area contributed by atoms with Gasteiger partial charge in [0.1, 0.15) is 0 Å². The first-order valence-electron chi connectivity index (χ1n) is 5.26. The van der Waals surface area contributed by atoms with Gasteiger partial charge in [-0.3, -0.25) is 14.4 Å². The molecule has 0 aliphatic carbocycles. The number of carbonyl (C=O) groups excluding carboxylic acids is 3. The molecule has 1 aliphatic rings. The van der Waals surface area contributed by atoms with Gasteiger partial charge in [-0.25, -0.2) is 4.90 Å². The number of hydrogen-bond acceptors (Lipinski definition) is 4. The molecule has 2 heterocycles. The van der Waals surface area contributed by atoms with Crippen molar-refractivity contribution in [1.29, 1.82) is 0 Å². The molecule has 0 unspecified atom stereocenters. The van der Waals surface area contributed by atoms with Crippen molar-refractivity contribution in [2.24, 2.45) is 0 Å². The zero-order chi connectivity index (χ0) is 12.7. The lowest BCUT2D eigenvalue weighted by molar-refractivity contribution is 0.0551. The summed E-state index contributed by atoms with van der Waals surface area (Å²) < 4.78 is 4.91. The van der Waals surface area contributed by atoms with Gasteiger partial charge in [0.2, 0.25) is 0 Å². The SMILES string of the molecule is O=C(c1ccco1)N1C(=O)c2ccccc2C1=O. The molecule has 0 atom stereocenters. The Morgan fingerprint density at radius 2 is 1.56 bits per heavy atom. The summed E-state index contributed by atoms with van der Waals surface area (Å²) in [6, 6.07) is 9.25. The van der Waals surface area contributed by atoms with Crippen molar-refractivity contribution in [3.8, 4) is 0 Å². The van der Waals surface area contributed by atoms with E-state index in [9.17, 15) is 14.4 Å². The van der Waals surface area contributed by atoms with Gasteiger partial charge >= 0.3 is 5.91 Å². The third kappa shape index (κ3) is 1.31. The molecule has 0 radical (unpaired) electrons. The highest BCUT2D eigenvalue weighted by Crippen LogP contribution is 2.24. The van der Waals surface area contributed by atoms with Crippen LogP contribution in [-0.2, 0) is 0 Å². The zero-order valence-electron chi connectivity index (χ0n) is 9.12. The first-order valence-corrected chi connectivity index (χ1v) is 5.26. The Bertz CT molecular complexity index is 611. The van der Waals surface area contributed by atoms with Crippen molar-refractivity contribution in [3.63, 3.8) is 0 Å². The molecule has 0 saturated heterocycles. The lowest BCUT2D eigenvalue weighted by Crippen LogP contribution is -2.35. The monoisotopic (exact) mass is 241 g/mol. The standard InChI is InChI=1S/C13H7NO4/c15-11-8-4-1-2-5-9(8)12(16)14(11)13(17)10-6-3-7-18-10/h1-7H. The predicted octanol–water partition coefficient (Wildman–Crippen LogP) is 1.72. The third-order valence-corrected chi connectivity index (χ3v) is 2.73. The molecule has 1 aromatic heterocycles. The Morgan fingerprint density at radius 3 is 2.06 bits per heavy atom. The Hall–Kier alpha value is -2.69. The van der Waals surface area contributed by atoms with Crippen LogP contribution >= 0.6 is 0 Å². The molecule has 0 fully saturated rings. The fourth-order valence-electron chi connectivity index (χ4n) is 1.88. The lowest BCUT2D eigenvalue weighted by atomic mass is 10.1. The van der Waals surface area contributed by atoms with Crippen LogP contribution in [0.4, 0.5) is 0 Å². The van der Waals surface area contributed by atoms with Crippen LogP contribution in [0.2, 0.25) is 0 Å². The first kappa shape index (κ1) is 10.5. The number of hydrogen-bond donors (Lipinski definition) is 0. The van der Waals surface area contributed by atoms with E-state index >= 15 is 0 Å². The summed E-state index contributed by atoms with van der Waals surface area (Å²) in [5.41, 5.74) is 0.477. The molecule has 5 nitrogen and oxygen atoms in total. The fourth-order valence-corrected chi connectivity index (χ4v) is 1.88. The van der Waals surface area contributed by atoms with E-state index in [4.69, 9.17) is 4.42 Å². The van der Waals surface area contributed by atoms with E-state index in [1.165, 1.54) is 30.5 Å². The van der Waals surface area contributed by atoms with Crippen LogP contribution in [-0.4, -0.2) is 22.6 Å². The van der Waals surface area contributed by atoms with Gasteiger partial charge in [-0.15, -0.1) is 0 Å². The number of nitrogens with zero attached hydrogens (tertiary/aromatic N) is 1. The molecular weight excluding hydrogens is 234 g/mol. The molecule has 3 rings (SSSR count). The van der Waals surface area contributed by atoms with Gasteiger partial charge in [0.25, 0.3) is 11.8 Å². The van der Waals surface area contributed by atoms with Crippen molar-refractivity contribution in [1.82, 2.24) is 4.90 Å². The van der Waals surface area contributed by atoms with Gasteiger partial charge in [0, 0.05) is 0 Å². The van der Waals surface area contributed by atoms with E-state index in [0.29, 0.717) is 4.90 Å². The van der Waals surface area contributed by atoms with Crippen molar-refractivity contribution >= 4 is 17.7 Å². The highest BCUT2D eigenvalue weighted by atomic mass is 16.3. The summed E-state index contributed by atoms with van der Waals surface area (Å²) in [5, 5.41) is 0. The highest BCUT2D eigenvalue weighted by Gasteiger charge is 2.40. The molecule has 2 aromatic rings.